The molecule has 0 bridgehead atoms. The molecule has 1 aliphatic heterocycles. The lowest BCUT2D eigenvalue weighted by Gasteiger charge is -2.35. The average Bonchev–Trinajstić information content (AvgIpc) is 2.47. The minimum atomic E-state index is -0.508. The Morgan fingerprint density at radius 3 is 2.90 bits per heavy atom. The molecule has 0 saturated carbocycles. The van der Waals surface area contributed by atoms with E-state index in [1.165, 1.54) is 13.2 Å². The average molecular weight is 313 g/mol. The first kappa shape index (κ1) is 16.0. The maximum absolute atomic E-state index is 12.5. The van der Waals surface area contributed by atoms with Crippen molar-refractivity contribution in [2.75, 3.05) is 25.5 Å². The summed E-state index contributed by atoms with van der Waals surface area (Å²) in [5, 5.41) is 6.31. The predicted molar refractivity (Wildman–Crippen MR) is 81.6 cm³/mol. The van der Waals surface area contributed by atoms with Crippen LogP contribution in [0.4, 0.5) is 5.95 Å². The number of amides is 1. The second-order valence-corrected chi connectivity index (χ2v) is 6.16. The van der Waals surface area contributed by atoms with Crippen molar-refractivity contribution in [1.82, 2.24) is 15.3 Å². The van der Waals surface area contributed by atoms with Gasteiger partial charge in [-0.15, -0.1) is 0 Å². The van der Waals surface area contributed by atoms with Crippen molar-refractivity contribution < 1.29 is 9.53 Å². The summed E-state index contributed by atoms with van der Waals surface area (Å²) in [5.74, 6) is 0.663. The van der Waals surface area contributed by atoms with Crippen LogP contribution in [-0.4, -0.2) is 36.1 Å². The number of nitrogens with one attached hydrogen (secondary N) is 2. The predicted octanol–water partition coefficient (Wildman–Crippen LogP) is 2.10. The molecule has 116 valence electrons. The molecule has 2 heterocycles. The number of halogens is 1. The van der Waals surface area contributed by atoms with Crippen LogP contribution in [0, 0.1) is 11.3 Å². The maximum Gasteiger partial charge on any atom is 0.234 e. The molecule has 1 aromatic heterocycles. The van der Waals surface area contributed by atoms with Gasteiger partial charge in [0.2, 0.25) is 17.7 Å². The monoisotopic (exact) mass is 312 g/mol. The van der Waals surface area contributed by atoms with Crippen LogP contribution in [0.25, 0.3) is 0 Å². The molecular weight excluding hydrogens is 292 g/mol. The smallest absolute Gasteiger partial charge is 0.234 e. The second kappa shape index (κ2) is 6.58. The van der Waals surface area contributed by atoms with Gasteiger partial charge in [0.15, 0.2) is 0 Å². The van der Waals surface area contributed by atoms with E-state index in [1.54, 1.807) is 0 Å². The van der Waals surface area contributed by atoms with Crippen LogP contribution in [0.1, 0.15) is 26.7 Å². The number of hydrogen-bond donors (Lipinski definition) is 2. The third kappa shape index (κ3) is 3.83. The van der Waals surface area contributed by atoms with Crippen LogP contribution in [0.15, 0.2) is 6.07 Å². The number of carbonyl (C=O) groups is 1. The summed E-state index contributed by atoms with van der Waals surface area (Å²) in [6.07, 6.45) is 2.12. The number of nitrogens with zero attached hydrogens (tertiary/aromatic N) is 2. The third-order valence-corrected chi connectivity index (χ3v) is 4.20. The van der Waals surface area contributed by atoms with Crippen molar-refractivity contribution in [2.45, 2.75) is 26.7 Å². The van der Waals surface area contributed by atoms with Gasteiger partial charge in [-0.2, -0.15) is 4.98 Å². The zero-order chi connectivity index (χ0) is 15.5. The molecule has 0 radical (unpaired) electrons. The number of rotatable bonds is 4. The van der Waals surface area contributed by atoms with E-state index in [0.717, 1.165) is 25.9 Å². The van der Waals surface area contributed by atoms with Crippen LogP contribution >= 0.6 is 11.6 Å². The van der Waals surface area contributed by atoms with Gasteiger partial charge >= 0.3 is 0 Å². The highest BCUT2D eigenvalue weighted by molar-refractivity contribution is 6.29. The molecule has 6 nitrogen and oxygen atoms in total. The summed E-state index contributed by atoms with van der Waals surface area (Å²) in [6.45, 7) is 5.76. The van der Waals surface area contributed by atoms with Gasteiger partial charge in [0, 0.05) is 11.5 Å². The number of methoxy groups -OCH3 is 1. The van der Waals surface area contributed by atoms with Gasteiger partial charge in [-0.3, -0.25) is 10.1 Å². The Balaban J connectivity index is 2.11. The molecule has 1 atom stereocenters. The number of anilines is 1. The fourth-order valence-electron chi connectivity index (χ4n) is 2.47. The van der Waals surface area contributed by atoms with Crippen molar-refractivity contribution in [1.29, 1.82) is 0 Å². The molecule has 1 unspecified atom stereocenters. The van der Waals surface area contributed by atoms with E-state index in [2.05, 4.69) is 20.6 Å². The first-order valence-corrected chi connectivity index (χ1v) is 7.42. The molecule has 7 heteroatoms. The molecule has 2 rings (SSSR count). The van der Waals surface area contributed by atoms with Crippen molar-refractivity contribution in [3.8, 4) is 5.88 Å². The summed E-state index contributed by atoms with van der Waals surface area (Å²) >= 11 is 5.88. The van der Waals surface area contributed by atoms with Crippen LogP contribution in [0.3, 0.4) is 0 Å². The van der Waals surface area contributed by atoms with Crippen molar-refractivity contribution in [3.63, 3.8) is 0 Å². The summed E-state index contributed by atoms with van der Waals surface area (Å²) in [7, 11) is 1.49. The van der Waals surface area contributed by atoms with Crippen molar-refractivity contribution >= 4 is 23.5 Å². The van der Waals surface area contributed by atoms with Gasteiger partial charge in [-0.25, -0.2) is 4.98 Å². The molecule has 1 saturated heterocycles. The SMILES string of the molecule is COc1cc(Cl)nc(NC(=O)C(C)(C)C2CCCNC2)n1. The fourth-order valence-corrected chi connectivity index (χ4v) is 2.65. The van der Waals surface area contributed by atoms with E-state index in [-0.39, 0.29) is 22.9 Å². The van der Waals surface area contributed by atoms with Crippen LogP contribution in [0.5, 0.6) is 5.88 Å². The standard InChI is InChI=1S/C14H21ClN4O2/c1-14(2,9-5-4-6-16-8-9)12(20)19-13-17-10(15)7-11(18-13)21-3/h7,9,16H,4-6,8H2,1-3H3,(H,17,18,19,20). The van der Waals surface area contributed by atoms with E-state index in [0.29, 0.717) is 5.88 Å². The molecule has 0 aliphatic carbocycles. The minimum Gasteiger partial charge on any atom is -0.481 e. The molecular formula is C14H21ClN4O2. The lowest BCUT2D eigenvalue weighted by molar-refractivity contribution is -0.127. The molecule has 0 spiro atoms. The Morgan fingerprint density at radius 1 is 1.52 bits per heavy atom. The zero-order valence-corrected chi connectivity index (χ0v) is 13.3. The normalized spacial score (nSPS) is 19.1. The summed E-state index contributed by atoms with van der Waals surface area (Å²) in [4.78, 5) is 20.6. The number of ether oxygens (including phenoxy) is 1. The van der Waals surface area contributed by atoms with Gasteiger partial charge in [0.1, 0.15) is 5.15 Å². The lowest BCUT2D eigenvalue weighted by atomic mass is 9.74. The maximum atomic E-state index is 12.5. The largest absolute Gasteiger partial charge is 0.481 e. The van der Waals surface area contributed by atoms with Crippen LogP contribution in [0.2, 0.25) is 5.15 Å². The topological polar surface area (TPSA) is 76.1 Å². The molecule has 1 aromatic rings. The fraction of sp³-hybridized carbons (Fsp3) is 0.643. The quantitative estimate of drug-likeness (QED) is 0.833. The van der Waals surface area contributed by atoms with E-state index in [4.69, 9.17) is 16.3 Å². The number of piperidine rings is 1. The highest BCUT2D eigenvalue weighted by Crippen LogP contribution is 2.33. The first-order valence-electron chi connectivity index (χ1n) is 7.04. The Labute approximate surface area is 129 Å². The van der Waals surface area contributed by atoms with Crippen molar-refractivity contribution in [3.05, 3.63) is 11.2 Å². The third-order valence-electron chi connectivity index (χ3n) is 4.01. The Bertz CT molecular complexity index is 516. The summed E-state index contributed by atoms with van der Waals surface area (Å²) in [5.41, 5.74) is -0.508. The number of aromatic nitrogens is 2. The van der Waals surface area contributed by atoms with E-state index < -0.39 is 5.41 Å². The van der Waals surface area contributed by atoms with Crippen molar-refractivity contribution in [2.24, 2.45) is 11.3 Å². The molecule has 1 fully saturated rings. The Hall–Kier alpha value is -1.40. The van der Waals surface area contributed by atoms with Crippen LogP contribution < -0.4 is 15.4 Å². The molecule has 0 aromatic carbocycles. The second-order valence-electron chi connectivity index (χ2n) is 5.78. The highest BCUT2D eigenvalue weighted by atomic mass is 35.5. The molecule has 21 heavy (non-hydrogen) atoms. The van der Waals surface area contributed by atoms with Gasteiger partial charge < -0.3 is 10.1 Å². The van der Waals surface area contributed by atoms with Gasteiger partial charge in [-0.05, 0) is 31.8 Å². The Kier molecular flexibility index (Phi) is 5.00. The van der Waals surface area contributed by atoms with Gasteiger partial charge in [-0.1, -0.05) is 25.4 Å². The van der Waals surface area contributed by atoms with Gasteiger partial charge in [0.25, 0.3) is 0 Å². The first-order chi connectivity index (χ1) is 9.93. The highest BCUT2D eigenvalue weighted by Gasteiger charge is 2.37. The summed E-state index contributed by atoms with van der Waals surface area (Å²) in [6, 6.07) is 1.49. The Morgan fingerprint density at radius 2 is 2.29 bits per heavy atom. The number of carbonyl (C=O) groups excluding carboxylic acids is 1. The van der Waals surface area contributed by atoms with E-state index in [9.17, 15) is 4.79 Å². The zero-order valence-electron chi connectivity index (χ0n) is 12.6. The number of hydrogen-bond acceptors (Lipinski definition) is 5. The summed E-state index contributed by atoms with van der Waals surface area (Å²) < 4.78 is 5.02. The molecule has 1 amide bonds. The van der Waals surface area contributed by atoms with E-state index >= 15 is 0 Å². The minimum absolute atomic E-state index is 0.111. The molecule has 2 N–H and O–H groups in total. The van der Waals surface area contributed by atoms with E-state index in [1.807, 2.05) is 13.8 Å². The van der Waals surface area contributed by atoms with Crippen LogP contribution in [-0.2, 0) is 4.79 Å². The molecule has 1 aliphatic rings. The van der Waals surface area contributed by atoms with Gasteiger partial charge in [0.05, 0.1) is 7.11 Å². The lowest BCUT2D eigenvalue weighted by Crippen LogP contribution is -2.45.